The fourth-order valence-corrected chi connectivity index (χ4v) is 1.56. The summed E-state index contributed by atoms with van der Waals surface area (Å²) in [5.74, 6) is -4.10. The number of rotatable bonds is 5. The molecule has 0 aliphatic heterocycles. The largest absolute Gasteiger partial charge is 0.481 e. The first-order valence-corrected chi connectivity index (χ1v) is 5.94. The van der Waals surface area contributed by atoms with E-state index >= 15 is 0 Å². The van der Waals surface area contributed by atoms with Crippen LogP contribution in [0.1, 0.15) is 12.5 Å². The number of aliphatic hydroxyl groups is 1. The van der Waals surface area contributed by atoms with Crippen molar-refractivity contribution in [1.29, 1.82) is 0 Å². The number of carbonyl (C=O) groups excluding carboxylic acids is 1. The normalized spacial score (nSPS) is 15.9. The third-order valence-corrected chi connectivity index (χ3v) is 3.00. The maximum absolute atomic E-state index is 13.1. The fraction of sp³-hybridized carbons (Fsp3) is 0.385. The molecule has 0 radical (unpaired) electrons. The van der Waals surface area contributed by atoms with Crippen molar-refractivity contribution in [2.75, 3.05) is 6.54 Å². The molecular formula is C13H14F3NO4. The van der Waals surface area contributed by atoms with Gasteiger partial charge in [0.15, 0.2) is 0 Å². The van der Waals surface area contributed by atoms with E-state index in [1.165, 1.54) is 18.2 Å². The average molecular weight is 305 g/mol. The lowest BCUT2D eigenvalue weighted by Gasteiger charge is -2.31. The molecule has 21 heavy (non-hydrogen) atoms. The number of halogens is 3. The third kappa shape index (κ3) is 3.72. The highest BCUT2D eigenvalue weighted by molar-refractivity contribution is 5.96. The monoisotopic (exact) mass is 305 g/mol. The van der Waals surface area contributed by atoms with Crippen LogP contribution in [0.5, 0.6) is 0 Å². The molecule has 0 aliphatic rings. The van der Waals surface area contributed by atoms with Gasteiger partial charge < -0.3 is 15.5 Å². The zero-order valence-electron chi connectivity index (χ0n) is 11.0. The summed E-state index contributed by atoms with van der Waals surface area (Å²) >= 11 is 0. The van der Waals surface area contributed by atoms with Crippen LogP contribution in [0.2, 0.25) is 0 Å². The standard InChI is InChI=1S/C13H14F3NO4/c1-8(11(19)20)10(18)17-7-12(21,13(14,15)16)9-5-3-2-4-6-9/h2-6,8,21H,7H2,1H3,(H,17,18)(H,19,20). The third-order valence-electron chi connectivity index (χ3n) is 3.00. The Kier molecular flexibility index (Phi) is 4.95. The zero-order valence-corrected chi connectivity index (χ0v) is 11.0. The first-order chi connectivity index (χ1) is 9.59. The van der Waals surface area contributed by atoms with Crippen LogP contribution in [0.4, 0.5) is 13.2 Å². The molecule has 3 N–H and O–H groups in total. The van der Waals surface area contributed by atoms with Gasteiger partial charge in [-0.2, -0.15) is 13.2 Å². The minimum absolute atomic E-state index is 0.444. The Morgan fingerprint density at radius 2 is 1.76 bits per heavy atom. The Labute approximate surface area is 118 Å². The molecule has 0 bridgehead atoms. The van der Waals surface area contributed by atoms with Gasteiger partial charge in [-0.05, 0) is 12.5 Å². The van der Waals surface area contributed by atoms with Crippen molar-refractivity contribution in [2.24, 2.45) is 5.92 Å². The molecule has 5 nitrogen and oxygen atoms in total. The van der Waals surface area contributed by atoms with Crippen molar-refractivity contribution in [3.63, 3.8) is 0 Å². The molecule has 2 atom stereocenters. The minimum Gasteiger partial charge on any atom is -0.481 e. The van der Waals surface area contributed by atoms with Crippen molar-refractivity contribution in [1.82, 2.24) is 5.32 Å². The minimum atomic E-state index is -5.03. The summed E-state index contributed by atoms with van der Waals surface area (Å²) in [5, 5.41) is 20.3. The molecule has 1 rings (SSSR count). The number of aliphatic carboxylic acids is 1. The summed E-state index contributed by atoms with van der Waals surface area (Å²) in [5.41, 5.74) is -3.73. The predicted octanol–water partition coefficient (Wildman–Crippen LogP) is 1.27. The molecule has 1 aromatic carbocycles. The van der Waals surface area contributed by atoms with Gasteiger partial charge in [0.25, 0.3) is 0 Å². The summed E-state index contributed by atoms with van der Waals surface area (Å²) in [7, 11) is 0. The molecule has 1 aromatic rings. The van der Waals surface area contributed by atoms with E-state index < -0.39 is 41.7 Å². The van der Waals surface area contributed by atoms with Gasteiger partial charge in [0.05, 0.1) is 6.54 Å². The first kappa shape index (κ1) is 17.0. The van der Waals surface area contributed by atoms with Crippen molar-refractivity contribution in [3.05, 3.63) is 35.9 Å². The molecule has 2 unspecified atom stereocenters. The highest BCUT2D eigenvalue weighted by Crippen LogP contribution is 2.38. The second-order valence-corrected chi connectivity index (χ2v) is 4.50. The average Bonchev–Trinajstić information content (AvgIpc) is 2.43. The lowest BCUT2D eigenvalue weighted by molar-refractivity contribution is -0.264. The van der Waals surface area contributed by atoms with Crippen LogP contribution in [0.25, 0.3) is 0 Å². The zero-order chi connectivity index (χ0) is 16.3. The maximum atomic E-state index is 13.1. The Balaban J connectivity index is 2.97. The van der Waals surface area contributed by atoms with Crippen LogP contribution in [-0.2, 0) is 15.2 Å². The summed E-state index contributed by atoms with van der Waals surface area (Å²) in [6, 6.07) is 6.24. The molecule has 116 valence electrons. The molecule has 1 amide bonds. The molecular weight excluding hydrogens is 291 g/mol. The molecule has 0 aromatic heterocycles. The van der Waals surface area contributed by atoms with E-state index in [1.54, 1.807) is 0 Å². The highest BCUT2D eigenvalue weighted by atomic mass is 19.4. The second-order valence-electron chi connectivity index (χ2n) is 4.50. The van der Waals surface area contributed by atoms with Crippen LogP contribution in [0, 0.1) is 5.92 Å². The molecule has 0 saturated heterocycles. The number of carbonyl (C=O) groups is 2. The smallest absolute Gasteiger partial charge is 0.423 e. The van der Waals surface area contributed by atoms with Gasteiger partial charge in [0, 0.05) is 0 Å². The van der Waals surface area contributed by atoms with Crippen molar-refractivity contribution in [3.8, 4) is 0 Å². The van der Waals surface area contributed by atoms with E-state index in [0.29, 0.717) is 0 Å². The quantitative estimate of drug-likeness (QED) is 0.715. The van der Waals surface area contributed by atoms with Crippen LogP contribution in [-0.4, -0.2) is 34.8 Å². The van der Waals surface area contributed by atoms with Crippen molar-refractivity contribution in [2.45, 2.75) is 18.7 Å². The van der Waals surface area contributed by atoms with Gasteiger partial charge in [0.2, 0.25) is 11.5 Å². The molecule has 0 fully saturated rings. The second kappa shape index (κ2) is 6.13. The van der Waals surface area contributed by atoms with Crippen LogP contribution < -0.4 is 5.32 Å². The summed E-state index contributed by atoms with van der Waals surface area (Å²) < 4.78 is 39.2. The molecule has 8 heteroatoms. The molecule has 0 aliphatic carbocycles. The van der Waals surface area contributed by atoms with Crippen LogP contribution in [0.15, 0.2) is 30.3 Å². The van der Waals surface area contributed by atoms with Gasteiger partial charge in [-0.1, -0.05) is 30.3 Å². The lowest BCUT2D eigenvalue weighted by atomic mass is 9.92. The van der Waals surface area contributed by atoms with Crippen molar-refractivity contribution >= 4 is 11.9 Å². The van der Waals surface area contributed by atoms with Gasteiger partial charge in [0.1, 0.15) is 5.92 Å². The summed E-state index contributed by atoms with van der Waals surface area (Å²) in [6.07, 6.45) is -5.03. The topological polar surface area (TPSA) is 86.6 Å². The SMILES string of the molecule is CC(C(=O)O)C(=O)NCC(O)(c1ccccc1)C(F)(F)F. The Morgan fingerprint density at radius 1 is 1.24 bits per heavy atom. The number of nitrogens with one attached hydrogen (secondary N) is 1. The number of benzene rings is 1. The summed E-state index contributed by atoms with van der Waals surface area (Å²) in [4.78, 5) is 22.0. The Bertz CT molecular complexity index is 518. The number of amides is 1. The number of alkyl halides is 3. The maximum Gasteiger partial charge on any atom is 0.423 e. The molecule has 0 heterocycles. The van der Waals surface area contributed by atoms with Gasteiger partial charge in [-0.15, -0.1) is 0 Å². The predicted molar refractivity (Wildman–Crippen MR) is 66.2 cm³/mol. The Morgan fingerprint density at radius 3 is 2.19 bits per heavy atom. The van der Waals surface area contributed by atoms with E-state index in [9.17, 15) is 27.9 Å². The number of hydrogen-bond donors (Lipinski definition) is 3. The van der Waals surface area contributed by atoms with Gasteiger partial charge >= 0.3 is 12.1 Å². The first-order valence-electron chi connectivity index (χ1n) is 5.94. The van der Waals surface area contributed by atoms with Crippen LogP contribution >= 0.6 is 0 Å². The van der Waals surface area contributed by atoms with Crippen LogP contribution in [0.3, 0.4) is 0 Å². The summed E-state index contributed by atoms with van der Waals surface area (Å²) in [6.45, 7) is -0.135. The molecule has 0 saturated carbocycles. The van der Waals surface area contributed by atoms with E-state index in [2.05, 4.69) is 0 Å². The van der Waals surface area contributed by atoms with Gasteiger partial charge in [-0.3, -0.25) is 9.59 Å². The van der Waals surface area contributed by atoms with E-state index in [-0.39, 0.29) is 0 Å². The highest BCUT2D eigenvalue weighted by Gasteiger charge is 2.55. The van der Waals surface area contributed by atoms with E-state index in [0.717, 1.165) is 19.1 Å². The van der Waals surface area contributed by atoms with Gasteiger partial charge in [-0.25, -0.2) is 0 Å². The van der Waals surface area contributed by atoms with E-state index in [1.807, 2.05) is 5.32 Å². The lowest BCUT2D eigenvalue weighted by Crippen LogP contribution is -2.52. The van der Waals surface area contributed by atoms with Crippen molar-refractivity contribution < 1.29 is 33.0 Å². The number of carboxylic acid groups (broad SMARTS) is 1. The number of hydrogen-bond acceptors (Lipinski definition) is 3. The number of carboxylic acids is 1. The fourth-order valence-electron chi connectivity index (χ4n) is 1.56. The molecule has 0 spiro atoms. The van der Waals surface area contributed by atoms with E-state index in [4.69, 9.17) is 5.11 Å². The Hall–Kier alpha value is -2.09.